The van der Waals surface area contributed by atoms with Gasteiger partial charge in [-0.15, -0.1) is 0 Å². The Morgan fingerprint density at radius 2 is 1.09 bits per heavy atom. The molecule has 5 rings (SSSR count). The summed E-state index contributed by atoms with van der Waals surface area (Å²) in [7, 11) is 0. The summed E-state index contributed by atoms with van der Waals surface area (Å²) in [6.07, 6.45) is 31.4. The largest absolute Gasteiger partial charge is 0.550 e. The Kier molecular flexibility index (Phi) is 13.1. The van der Waals surface area contributed by atoms with Crippen LogP contribution < -0.4 is 10.2 Å². The molecule has 0 heterocycles. The van der Waals surface area contributed by atoms with Gasteiger partial charge in [0.1, 0.15) is 0 Å². The molecule has 5 aliphatic carbocycles. The molecule has 4 saturated carbocycles. The van der Waals surface area contributed by atoms with E-state index in [9.17, 15) is 19.8 Å². The second-order valence-corrected chi connectivity index (χ2v) is 15.7. The van der Waals surface area contributed by atoms with Crippen LogP contribution in [-0.4, -0.2) is 59.0 Å². The van der Waals surface area contributed by atoms with Crippen molar-refractivity contribution in [3.05, 3.63) is 23.3 Å². The molecule has 254 valence electrons. The Morgan fingerprint density at radius 1 is 0.667 bits per heavy atom. The Bertz CT molecular complexity index is 978. The molecule has 0 aliphatic heterocycles. The average Bonchev–Trinajstić information content (AvgIpc) is 3.05. The highest BCUT2D eigenvalue weighted by atomic mass is 16.4. The molecule has 4 fully saturated rings. The predicted molar refractivity (Wildman–Crippen MR) is 177 cm³/mol. The van der Waals surface area contributed by atoms with Gasteiger partial charge in [-0.05, 0) is 94.1 Å². The van der Waals surface area contributed by atoms with E-state index >= 15 is 0 Å². The monoisotopic (exact) mass is 622 g/mol. The summed E-state index contributed by atoms with van der Waals surface area (Å²) < 4.78 is 0. The molecule has 0 saturated heterocycles. The molecule has 5 aliphatic rings. The first-order chi connectivity index (χ1) is 21.8. The minimum Gasteiger partial charge on any atom is -0.550 e. The minimum atomic E-state index is -1.05. The normalized spacial score (nSPS) is 28.3. The van der Waals surface area contributed by atoms with Crippen molar-refractivity contribution >= 4 is 11.9 Å². The molecular weight excluding hydrogens is 560 g/mol. The third-order valence-electron chi connectivity index (χ3n) is 12.8. The van der Waals surface area contributed by atoms with Crippen molar-refractivity contribution in [1.82, 2.24) is 9.80 Å². The molecule has 0 aromatic carbocycles. The van der Waals surface area contributed by atoms with Crippen molar-refractivity contribution in [2.24, 2.45) is 11.3 Å². The van der Waals surface area contributed by atoms with E-state index in [1.807, 2.05) is 12.2 Å². The maximum absolute atomic E-state index is 12.1. The molecule has 0 spiro atoms. The van der Waals surface area contributed by atoms with E-state index in [1.54, 1.807) is 0 Å². The first-order valence-corrected chi connectivity index (χ1v) is 19.2. The van der Waals surface area contributed by atoms with Crippen LogP contribution in [0, 0.1) is 11.3 Å². The highest BCUT2D eigenvalue weighted by Gasteiger charge is 2.42. The fraction of sp³-hybridized carbons (Fsp3) is 0.846. The lowest BCUT2D eigenvalue weighted by Crippen LogP contribution is -2.48. The molecule has 0 aromatic heterocycles. The zero-order chi connectivity index (χ0) is 31.6. The fourth-order valence-corrected chi connectivity index (χ4v) is 10.3. The van der Waals surface area contributed by atoms with Crippen LogP contribution in [0.3, 0.4) is 0 Å². The number of hydrogen-bond donors (Lipinski definition) is 0. The van der Waals surface area contributed by atoms with Crippen molar-refractivity contribution in [3.8, 4) is 0 Å². The van der Waals surface area contributed by atoms with Crippen molar-refractivity contribution in [1.29, 1.82) is 0 Å². The number of allylic oxidation sites excluding steroid dienone is 2. The Balaban J connectivity index is 1.43. The lowest BCUT2D eigenvalue weighted by molar-refractivity contribution is -0.307. The van der Waals surface area contributed by atoms with E-state index in [1.165, 1.54) is 134 Å². The van der Waals surface area contributed by atoms with E-state index < -0.39 is 17.4 Å². The van der Waals surface area contributed by atoms with E-state index in [2.05, 4.69) is 16.7 Å². The quantitative estimate of drug-likeness (QED) is 0.221. The second kappa shape index (κ2) is 16.9. The van der Waals surface area contributed by atoms with Crippen molar-refractivity contribution < 1.29 is 19.8 Å². The molecule has 2 atom stereocenters. The van der Waals surface area contributed by atoms with Gasteiger partial charge in [0.05, 0.1) is 0 Å². The summed E-state index contributed by atoms with van der Waals surface area (Å²) in [6.45, 7) is 4.16. The van der Waals surface area contributed by atoms with Crippen molar-refractivity contribution in [3.63, 3.8) is 0 Å². The number of hydrogen-bond acceptors (Lipinski definition) is 6. The van der Waals surface area contributed by atoms with E-state index in [0.717, 1.165) is 31.5 Å². The third kappa shape index (κ3) is 9.24. The highest BCUT2D eigenvalue weighted by Crippen LogP contribution is 2.49. The van der Waals surface area contributed by atoms with Crippen LogP contribution in [0.4, 0.5) is 0 Å². The molecule has 0 radical (unpaired) electrons. The zero-order valence-electron chi connectivity index (χ0n) is 28.5. The summed E-state index contributed by atoms with van der Waals surface area (Å²) in [5.74, 6) is -2.25. The van der Waals surface area contributed by atoms with Gasteiger partial charge in [0, 0.05) is 49.1 Å². The number of aliphatic carboxylic acids is 2. The number of rotatable bonds is 14. The van der Waals surface area contributed by atoms with Crippen LogP contribution in [0.25, 0.3) is 0 Å². The van der Waals surface area contributed by atoms with Crippen LogP contribution in [0.1, 0.15) is 161 Å². The van der Waals surface area contributed by atoms with E-state index in [0.29, 0.717) is 24.2 Å². The fourth-order valence-electron chi connectivity index (χ4n) is 10.3. The van der Waals surface area contributed by atoms with Gasteiger partial charge in [-0.1, -0.05) is 102 Å². The summed E-state index contributed by atoms with van der Waals surface area (Å²) >= 11 is 0. The van der Waals surface area contributed by atoms with Crippen LogP contribution in [0.5, 0.6) is 0 Å². The molecule has 0 bridgehead atoms. The van der Waals surface area contributed by atoms with Crippen LogP contribution in [0.2, 0.25) is 0 Å². The predicted octanol–water partition coefficient (Wildman–Crippen LogP) is 6.47. The topological polar surface area (TPSA) is 86.7 Å². The average molecular weight is 623 g/mol. The zero-order valence-corrected chi connectivity index (χ0v) is 28.5. The van der Waals surface area contributed by atoms with Gasteiger partial charge in [0.2, 0.25) is 0 Å². The summed E-state index contributed by atoms with van der Waals surface area (Å²) in [5, 5.41) is 24.2. The smallest absolute Gasteiger partial charge is 0.0458 e. The van der Waals surface area contributed by atoms with Gasteiger partial charge in [0.15, 0.2) is 0 Å². The maximum atomic E-state index is 12.1. The van der Waals surface area contributed by atoms with Gasteiger partial charge in [0.25, 0.3) is 0 Å². The second-order valence-electron chi connectivity index (χ2n) is 15.7. The summed E-state index contributed by atoms with van der Waals surface area (Å²) in [6, 6.07) is 2.47. The molecule has 6 nitrogen and oxygen atoms in total. The molecule has 0 aromatic rings. The first-order valence-electron chi connectivity index (χ1n) is 19.2. The standard InChI is InChI=1S/C39H64N2O4/c1-39(25-27-41(34-18-10-4-11-19-34)35-20-12-5-13-21-35)31(29-38(44)45)23-22-30(28-37(42)43)36(39)24-26-40(32-14-6-2-7-15-32)33-16-8-3-9-17-33/h22-23,31-35H,2-21,24-29H2,1H3,(H,42,43)(H,44,45)/p-2. The number of carbonyl (C=O) groups is 2. The lowest BCUT2D eigenvalue weighted by Gasteiger charge is -2.48. The molecule has 0 N–H and O–H groups in total. The van der Waals surface area contributed by atoms with Crippen LogP contribution >= 0.6 is 0 Å². The number of carboxylic acids is 2. The lowest BCUT2D eigenvalue weighted by atomic mass is 9.62. The molecule has 6 heteroatoms. The Hall–Kier alpha value is -1.66. The SMILES string of the molecule is CC1(CCN(C2CCCCC2)C2CCCCC2)C(CCN(C2CCCCC2)C2CCCCC2)=C(CC(=O)[O-])C=CC1CC(=O)[O-]. The number of carboxylic acid groups (broad SMARTS) is 2. The van der Waals surface area contributed by atoms with Gasteiger partial charge in [-0.3, -0.25) is 9.80 Å². The summed E-state index contributed by atoms with van der Waals surface area (Å²) in [5.41, 5.74) is 1.62. The van der Waals surface area contributed by atoms with Crippen molar-refractivity contribution in [2.45, 2.75) is 185 Å². The van der Waals surface area contributed by atoms with Gasteiger partial charge >= 0.3 is 0 Å². The van der Waals surface area contributed by atoms with E-state index in [-0.39, 0.29) is 18.8 Å². The van der Waals surface area contributed by atoms with Gasteiger partial charge in [-0.25, -0.2) is 0 Å². The molecule has 0 amide bonds. The van der Waals surface area contributed by atoms with Crippen LogP contribution in [0.15, 0.2) is 23.3 Å². The van der Waals surface area contributed by atoms with Crippen molar-refractivity contribution in [2.75, 3.05) is 13.1 Å². The summed E-state index contributed by atoms with van der Waals surface area (Å²) in [4.78, 5) is 29.9. The van der Waals surface area contributed by atoms with Gasteiger partial charge < -0.3 is 19.8 Å². The number of nitrogens with zero attached hydrogens (tertiary/aromatic N) is 2. The molecular formula is C39H62N2O4-2. The Labute approximate surface area is 274 Å². The minimum absolute atomic E-state index is 0.0169. The molecule has 45 heavy (non-hydrogen) atoms. The first kappa shape index (κ1) is 34.7. The number of carbonyl (C=O) groups excluding carboxylic acids is 2. The highest BCUT2D eigenvalue weighted by molar-refractivity contribution is 5.70. The van der Waals surface area contributed by atoms with Crippen LogP contribution in [-0.2, 0) is 9.59 Å². The van der Waals surface area contributed by atoms with Gasteiger partial charge in [-0.2, -0.15) is 0 Å². The molecule has 2 unspecified atom stereocenters. The van der Waals surface area contributed by atoms with E-state index in [4.69, 9.17) is 0 Å². The third-order valence-corrected chi connectivity index (χ3v) is 12.8. The maximum Gasteiger partial charge on any atom is 0.0458 e. The Morgan fingerprint density at radius 3 is 1.49 bits per heavy atom.